The van der Waals surface area contributed by atoms with Crippen molar-refractivity contribution in [1.82, 2.24) is 4.98 Å². The summed E-state index contributed by atoms with van der Waals surface area (Å²) >= 11 is 2.96. The molecule has 0 bridgehead atoms. The second kappa shape index (κ2) is 9.99. The van der Waals surface area contributed by atoms with E-state index >= 15 is 0 Å². The van der Waals surface area contributed by atoms with Gasteiger partial charge in [0.05, 0.1) is 15.5 Å². The largest absolute Gasteiger partial charge is 0.325 e. The Kier molecular flexibility index (Phi) is 7.05. The third-order valence-electron chi connectivity index (χ3n) is 5.59. The van der Waals surface area contributed by atoms with Crippen LogP contribution >= 0.6 is 23.1 Å². The van der Waals surface area contributed by atoms with Crippen LogP contribution in [0.25, 0.3) is 10.2 Å². The van der Waals surface area contributed by atoms with Gasteiger partial charge >= 0.3 is 0 Å². The Bertz CT molecular complexity index is 1370. The van der Waals surface area contributed by atoms with Gasteiger partial charge in [0.15, 0.2) is 4.34 Å². The molecular weight excluding hydrogens is 462 g/mol. The minimum absolute atomic E-state index is 0.0505. The Morgan fingerprint density at radius 3 is 2.32 bits per heavy atom. The van der Waals surface area contributed by atoms with E-state index < -0.39 is 0 Å². The van der Waals surface area contributed by atoms with Gasteiger partial charge in [-0.25, -0.2) is 4.98 Å². The summed E-state index contributed by atoms with van der Waals surface area (Å²) in [6, 6.07) is 17.3. The Balaban J connectivity index is 1.45. The molecule has 1 atom stereocenters. The molecule has 0 aliphatic heterocycles. The Hall–Kier alpha value is -3.16. The first-order chi connectivity index (χ1) is 16.2. The number of rotatable bonds is 6. The van der Waals surface area contributed by atoms with E-state index in [0.29, 0.717) is 5.56 Å². The predicted octanol–water partition coefficient (Wildman–Crippen LogP) is 6.90. The summed E-state index contributed by atoms with van der Waals surface area (Å²) in [6.45, 7) is 9.88. The molecule has 5 nitrogen and oxygen atoms in total. The molecule has 1 heterocycles. The van der Waals surface area contributed by atoms with E-state index in [4.69, 9.17) is 0 Å². The molecule has 0 radical (unpaired) electrons. The molecule has 0 unspecified atom stereocenters. The van der Waals surface area contributed by atoms with Crippen LogP contribution in [0, 0.1) is 27.7 Å². The number of carbonyl (C=O) groups excluding carboxylic acids is 2. The maximum absolute atomic E-state index is 12.9. The number of aromatic nitrogens is 1. The van der Waals surface area contributed by atoms with E-state index in [1.54, 1.807) is 0 Å². The van der Waals surface area contributed by atoms with Gasteiger partial charge in [0.25, 0.3) is 5.91 Å². The van der Waals surface area contributed by atoms with Crippen LogP contribution in [0.4, 0.5) is 11.4 Å². The third kappa shape index (κ3) is 5.32. The number of nitrogens with one attached hydrogen (secondary N) is 2. The lowest BCUT2D eigenvalue weighted by Crippen LogP contribution is -2.23. The van der Waals surface area contributed by atoms with Gasteiger partial charge in [-0.1, -0.05) is 47.7 Å². The zero-order valence-electron chi connectivity index (χ0n) is 19.9. The van der Waals surface area contributed by atoms with Crippen molar-refractivity contribution in [1.29, 1.82) is 0 Å². The van der Waals surface area contributed by atoms with Crippen molar-refractivity contribution in [3.05, 3.63) is 82.4 Å². The van der Waals surface area contributed by atoms with Crippen molar-refractivity contribution in [3.8, 4) is 0 Å². The van der Waals surface area contributed by atoms with Crippen molar-refractivity contribution in [2.75, 3.05) is 10.6 Å². The number of hydrogen-bond acceptors (Lipinski definition) is 5. The van der Waals surface area contributed by atoms with Gasteiger partial charge in [-0.15, -0.1) is 11.3 Å². The maximum Gasteiger partial charge on any atom is 0.255 e. The van der Waals surface area contributed by atoms with Crippen molar-refractivity contribution in [2.45, 2.75) is 44.2 Å². The molecule has 2 amide bonds. The van der Waals surface area contributed by atoms with Crippen LogP contribution in [0.3, 0.4) is 0 Å². The van der Waals surface area contributed by atoms with Gasteiger partial charge in [0.2, 0.25) is 5.91 Å². The summed E-state index contributed by atoms with van der Waals surface area (Å²) in [7, 11) is 0. The summed E-state index contributed by atoms with van der Waals surface area (Å²) in [5, 5.41) is 5.75. The van der Waals surface area contributed by atoms with Crippen LogP contribution in [-0.4, -0.2) is 22.0 Å². The Morgan fingerprint density at radius 1 is 0.912 bits per heavy atom. The minimum Gasteiger partial charge on any atom is -0.325 e. The minimum atomic E-state index is -0.305. The number of carbonyl (C=O) groups is 2. The number of thioether (sulfide) groups is 1. The van der Waals surface area contributed by atoms with E-state index in [0.717, 1.165) is 42.6 Å². The molecule has 174 valence electrons. The second-order valence-corrected chi connectivity index (χ2v) is 11.1. The molecule has 0 saturated heterocycles. The number of thiazole rings is 1. The highest BCUT2D eigenvalue weighted by atomic mass is 32.2. The van der Waals surface area contributed by atoms with Crippen LogP contribution in [0.15, 0.2) is 58.9 Å². The predicted molar refractivity (Wildman–Crippen MR) is 143 cm³/mol. The summed E-state index contributed by atoms with van der Waals surface area (Å²) in [5.74, 6) is -0.186. The van der Waals surface area contributed by atoms with Gasteiger partial charge in [0.1, 0.15) is 0 Å². The van der Waals surface area contributed by atoms with E-state index in [9.17, 15) is 9.59 Å². The quantitative estimate of drug-likeness (QED) is 0.289. The molecule has 1 aromatic heterocycles. The zero-order chi connectivity index (χ0) is 24.4. The van der Waals surface area contributed by atoms with Gasteiger partial charge in [0, 0.05) is 16.9 Å². The Labute approximate surface area is 208 Å². The molecule has 0 saturated carbocycles. The van der Waals surface area contributed by atoms with Crippen molar-refractivity contribution >= 4 is 56.5 Å². The fourth-order valence-corrected chi connectivity index (χ4v) is 6.12. The van der Waals surface area contributed by atoms with Crippen molar-refractivity contribution in [3.63, 3.8) is 0 Å². The third-order valence-corrected chi connectivity index (χ3v) is 7.80. The van der Waals surface area contributed by atoms with Gasteiger partial charge in [-0.2, -0.15) is 0 Å². The first-order valence-corrected chi connectivity index (χ1v) is 12.7. The van der Waals surface area contributed by atoms with Crippen molar-refractivity contribution in [2.24, 2.45) is 0 Å². The van der Waals surface area contributed by atoms with Crippen LogP contribution in [0.2, 0.25) is 0 Å². The molecule has 2 N–H and O–H groups in total. The monoisotopic (exact) mass is 489 g/mol. The smallest absolute Gasteiger partial charge is 0.255 e. The molecule has 34 heavy (non-hydrogen) atoms. The molecule has 0 aliphatic carbocycles. The van der Waals surface area contributed by atoms with Gasteiger partial charge < -0.3 is 10.6 Å². The number of benzene rings is 3. The SMILES string of the molecule is Cc1cc(C)c(NC(=O)[C@@H](C)Sc2nc3ccc(NC(=O)c4ccccc4C)cc3s2)c(C)c1. The lowest BCUT2D eigenvalue weighted by molar-refractivity contribution is -0.115. The van der Waals surface area contributed by atoms with E-state index in [2.05, 4.69) is 34.7 Å². The topological polar surface area (TPSA) is 71.1 Å². The highest BCUT2D eigenvalue weighted by Crippen LogP contribution is 2.34. The summed E-state index contributed by atoms with van der Waals surface area (Å²) in [5.41, 5.74) is 7.33. The lowest BCUT2D eigenvalue weighted by Gasteiger charge is -2.15. The summed E-state index contributed by atoms with van der Waals surface area (Å²) < 4.78 is 1.78. The zero-order valence-corrected chi connectivity index (χ0v) is 21.5. The lowest BCUT2D eigenvalue weighted by atomic mass is 10.1. The fraction of sp³-hybridized carbons (Fsp3) is 0.222. The molecule has 4 rings (SSSR count). The highest BCUT2D eigenvalue weighted by molar-refractivity contribution is 8.02. The van der Waals surface area contributed by atoms with Crippen LogP contribution in [-0.2, 0) is 4.79 Å². The normalized spacial score (nSPS) is 11.9. The van der Waals surface area contributed by atoms with E-state index in [1.165, 1.54) is 28.7 Å². The Morgan fingerprint density at radius 2 is 1.62 bits per heavy atom. The van der Waals surface area contributed by atoms with Gasteiger partial charge in [-0.3, -0.25) is 9.59 Å². The van der Waals surface area contributed by atoms with Crippen LogP contribution in [0.5, 0.6) is 0 Å². The molecular formula is C27H27N3O2S2. The molecule has 3 aromatic carbocycles. The van der Waals surface area contributed by atoms with Crippen LogP contribution in [0.1, 0.15) is 39.5 Å². The average Bonchev–Trinajstić information content (AvgIpc) is 3.17. The number of fused-ring (bicyclic) bond motifs is 1. The number of anilines is 2. The van der Waals surface area contributed by atoms with E-state index in [-0.39, 0.29) is 17.1 Å². The van der Waals surface area contributed by atoms with E-state index in [1.807, 2.05) is 70.2 Å². The first-order valence-electron chi connectivity index (χ1n) is 11.0. The maximum atomic E-state index is 12.9. The first kappa shape index (κ1) is 24.0. The molecule has 0 fully saturated rings. The summed E-state index contributed by atoms with van der Waals surface area (Å²) in [6.07, 6.45) is 0. The number of nitrogens with zero attached hydrogens (tertiary/aromatic N) is 1. The van der Waals surface area contributed by atoms with Crippen molar-refractivity contribution < 1.29 is 9.59 Å². The fourth-order valence-electron chi connectivity index (χ4n) is 3.86. The number of amides is 2. The summed E-state index contributed by atoms with van der Waals surface area (Å²) in [4.78, 5) is 30.2. The van der Waals surface area contributed by atoms with Crippen LogP contribution < -0.4 is 10.6 Å². The molecule has 0 spiro atoms. The second-order valence-electron chi connectivity index (χ2n) is 8.45. The number of hydrogen-bond donors (Lipinski definition) is 2. The number of aryl methyl sites for hydroxylation is 4. The highest BCUT2D eigenvalue weighted by Gasteiger charge is 2.19. The molecule has 4 aromatic rings. The molecule has 0 aliphatic rings. The average molecular weight is 490 g/mol. The van der Waals surface area contributed by atoms with Gasteiger partial charge in [-0.05, 0) is 75.6 Å². The standard InChI is InChI=1S/C27H27N3O2S2/c1-15-12-17(3)24(18(4)13-15)30-25(31)19(5)33-27-29-22-11-10-20(14-23(22)34-27)28-26(32)21-9-7-6-8-16(21)2/h6-14,19H,1-5H3,(H,28,32)(H,30,31)/t19-/m1/s1. The molecule has 7 heteroatoms.